The highest BCUT2D eigenvalue weighted by molar-refractivity contribution is 5.93. The Labute approximate surface area is 576 Å². The third kappa shape index (κ3) is 19.0. The van der Waals surface area contributed by atoms with Crippen LogP contribution in [0.1, 0.15) is 93.3 Å². The molecular formula is C73H65N3O25. The average molecular weight is 1380 g/mol. The Kier molecular flexibility index (Phi) is 24.8. The Bertz CT molecular complexity index is 4060. The van der Waals surface area contributed by atoms with Gasteiger partial charge in [0.25, 0.3) is 0 Å². The van der Waals surface area contributed by atoms with Gasteiger partial charge in [-0.25, -0.2) is 33.6 Å². The number of rotatable bonds is 25. The van der Waals surface area contributed by atoms with E-state index in [0.29, 0.717) is 0 Å². The summed E-state index contributed by atoms with van der Waals surface area (Å²) in [4.78, 5) is 144. The van der Waals surface area contributed by atoms with Crippen LogP contribution in [0.4, 0.5) is 0 Å². The second kappa shape index (κ2) is 34.7. The highest BCUT2D eigenvalue weighted by atomic mass is 16.8. The van der Waals surface area contributed by atoms with Crippen LogP contribution >= 0.6 is 0 Å². The minimum Gasteiger partial charge on any atom is -0.463 e. The van der Waals surface area contributed by atoms with E-state index in [1.54, 1.807) is 54.6 Å². The summed E-state index contributed by atoms with van der Waals surface area (Å²) < 4.78 is 94.3. The number of ether oxygens (including phenoxy) is 15. The Morgan fingerprint density at radius 3 is 0.911 bits per heavy atom. The number of hydrogen-bond donors (Lipinski definition) is 0. The maximum absolute atomic E-state index is 15.1. The molecule has 28 nitrogen and oxygen atoms in total. The van der Waals surface area contributed by atoms with Crippen molar-refractivity contribution in [2.24, 2.45) is 5.11 Å². The average Bonchev–Trinajstić information content (AvgIpc) is 0.757. The predicted octanol–water partition coefficient (Wildman–Crippen LogP) is 8.51. The van der Waals surface area contributed by atoms with E-state index in [0.717, 1.165) is 20.8 Å². The van der Waals surface area contributed by atoms with Crippen LogP contribution in [0.5, 0.6) is 0 Å². The number of carbonyl (C=O) groups excluding carboxylic acids is 10. The molecule has 3 aliphatic rings. The van der Waals surface area contributed by atoms with Crippen molar-refractivity contribution in [3.05, 3.63) is 262 Å². The summed E-state index contributed by atoms with van der Waals surface area (Å²) in [6.45, 7) is 0.415. The molecule has 1 unspecified atom stereocenters. The summed E-state index contributed by atoms with van der Waals surface area (Å²) in [6, 6.07) is 52.2. The molecule has 15 atom stereocenters. The number of benzene rings is 7. The summed E-state index contributed by atoms with van der Waals surface area (Å²) >= 11 is 0. The predicted molar refractivity (Wildman–Crippen MR) is 344 cm³/mol. The van der Waals surface area contributed by atoms with Gasteiger partial charge in [0.15, 0.2) is 61.5 Å². The Hall–Kier alpha value is -11.7. The second-order valence-corrected chi connectivity index (χ2v) is 22.6. The first-order valence-corrected chi connectivity index (χ1v) is 31.5. The Balaban J connectivity index is 1.19. The van der Waals surface area contributed by atoms with Crippen LogP contribution in [0.2, 0.25) is 0 Å². The zero-order chi connectivity index (χ0) is 71.4. The van der Waals surface area contributed by atoms with E-state index in [1.165, 1.54) is 158 Å². The van der Waals surface area contributed by atoms with Crippen molar-refractivity contribution in [1.82, 2.24) is 0 Å². The lowest BCUT2D eigenvalue weighted by Crippen LogP contribution is -2.69. The summed E-state index contributed by atoms with van der Waals surface area (Å²) in [5, 5.41) is 3.70. The highest BCUT2D eigenvalue weighted by Gasteiger charge is 2.61. The van der Waals surface area contributed by atoms with E-state index in [-0.39, 0.29) is 38.9 Å². The van der Waals surface area contributed by atoms with Crippen LogP contribution in [-0.2, 0) is 85.4 Å². The van der Waals surface area contributed by atoms with E-state index < -0.39 is 172 Å². The Morgan fingerprint density at radius 2 is 0.574 bits per heavy atom. The van der Waals surface area contributed by atoms with E-state index >= 15 is 4.79 Å². The zero-order valence-electron chi connectivity index (χ0n) is 54.0. The minimum atomic E-state index is -2.29. The second-order valence-electron chi connectivity index (χ2n) is 22.6. The monoisotopic (exact) mass is 1380 g/mol. The molecule has 10 rings (SSSR count). The van der Waals surface area contributed by atoms with E-state index in [9.17, 15) is 48.7 Å². The van der Waals surface area contributed by atoms with E-state index in [2.05, 4.69) is 10.0 Å². The molecule has 0 amide bonds. The molecule has 0 aliphatic carbocycles. The van der Waals surface area contributed by atoms with Crippen molar-refractivity contribution in [3.8, 4) is 0 Å². The number of carbonyl (C=O) groups is 10. The highest BCUT2D eigenvalue weighted by Crippen LogP contribution is 2.40. The fraction of sp³-hybridized carbons (Fsp3) is 0.288. The van der Waals surface area contributed by atoms with Crippen LogP contribution < -0.4 is 0 Å². The van der Waals surface area contributed by atoms with Crippen molar-refractivity contribution in [2.75, 3.05) is 19.8 Å². The van der Waals surface area contributed by atoms with Gasteiger partial charge in [-0.2, -0.15) is 0 Å². The molecule has 3 saturated heterocycles. The molecule has 3 aliphatic heterocycles. The van der Waals surface area contributed by atoms with Gasteiger partial charge >= 0.3 is 59.7 Å². The van der Waals surface area contributed by atoms with Crippen molar-refractivity contribution in [3.63, 3.8) is 0 Å². The van der Waals surface area contributed by atoms with E-state index in [1.807, 2.05) is 0 Å². The number of nitrogens with zero attached hydrogens (tertiary/aromatic N) is 3. The molecule has 7 aromatic carbocycles. The van der Waals surface area contributed by atoms with Gasteiger partial charge in [0.1, 0.15) is 50.3 Å². The molecule has 0 bridgehead atoms. The lowest BCUT2D eigenvalue weighted by molar-refractivity contribution is -0.370. The van der Waals surface area contributed by atoms with Crippen LogP contribution in [0.15, 0.2) is 217 Å². The van der Waals surface area contributed by atoms with Gasteiger partial charge in [-0.05, 0) is 90.5 Å². The van der Waals surface area contributed by atoms with Gasteiger partial charge in [0.05, 0.1) is 38.9 Å². The molecule has 0 N–H and O–H groups in total. The van der Waals surface area contributed by atoms with Crippen LogP contribution in [-0.4, -0.2) is 172 Å². The standard InChI is InChI=1S/C73H65N3O25/c1-42(77)87-39-52-55(90-43(2)78)58(61(91-44(3)79)64(92-52)75-76-74)101-73-63(99-71(86)51-37-23-10-24-38-51)60(97-69(84)49-33-19-8-20-34-49)57(54(94-73)41-89-66(81)46-27-13-5-14-28-46)100-72-62(98-70(85)50-35-21-9-22-36-50)59(96-68(83)48-31-17-7-18-32-48)56(95-67(82)47-29-15-6-16-30-47)53(93-72)40-88-65(80)45-25-11-4-12-26-45/h4-38,52-64,72-73H,39-41H2,1-3H3/t52-,53-,54-,55-,56+,57-,58+,59+,60+,61-,62-,63-,64?,72+,73+/m1/s1. The molecule has 28 heteroatoms. The molecule has 522 valence electrons. The fourth-order valence-electron chi connectivity index (χ4n) is 11.0. The van der Waals surface area contributed by atoms with Crippen LogP contribution in [0.25, 0.3) is 10.4 Å². The molecule has 101 heavy (non-hydrogen) atoms. The maximum Gasteiger partial charge on any atom is 0.338 e. The molecule has 3 heterocycles. The molecule has 0 spiro atoms. The number of esters is 10. The quantitative estimate of drug-likeness (QED) is 0.0170. The smallest absolute Gasteiger partial charge is 0.338 e. The molecular weight excluding hydrogens is 1320 g/mol. The fourth-order valence-corrected chi connectivity index (χ4v) is 11.0. The normalized spacial score (nSPS) is 24.4. The van der Waals surface area contributed by atoms with Gasteiger partial charge in [0.2, 0.25) is 0 Å². The first kappa shape index (κ1) is 72.1. The van der Waals surface area contributed by atoms with Crippen molar-refractivity contribution >= 4 is 59.7 Å². The van der Waals surface area contributed by atoms with Crippen molar-refractivity contribution < 1.29 is 119 Å². The van der Waals surface area contributed by atoms with Gasteiger partial charge in [0, 0.05) is 25.7 Å². The van der Waals surface area contributed by atoms with Crippen LogP contribution in [0.3, 0.4) is 0 Å². The Morgan fingerprint density at radius 1 is 0.307 bits per heavy atom. The van der Waals surface area contributed by atoms with Gasteiger partial charge in [-0.3, -0.25) is 14.4 Å². The minimum absolute atomic E-state index is 0.00979. The number of azide groups is 1. The van der Waals surface area contributed by atoms with Gasteiger partial charge in [-0.1, -0.05) is 133 Å². The summed E-state index contributed by atoms with van der Waals surface area (Å²) in [6.07, 6.45) is -30.6. The zero-order valence-corrected chi connectivity index (χ0v) is 54.0. The summed E-state index contributed by atoms with van der Waals surface area (Å²) in [5.41, 5.74) is 9.47. The largest absolute Gasteiger partial charge is 0.463 e. The first-order chi connectivity index (χ1) is 48.9. The van der Waals surface area contributed by atoms with Crippen LogP contribution in [0, 0.1) is 0 Å². The molecule has 0 saturated carbocycles. The summed E-state index contributed by atoms with van der Waals surface area (Å²) in [7, 11) is 0. The van der Waals surface area contributed by atoms with Crippen molar-refractivity contribution in [1.29, 1.82) is 0 Å². The summed E-state index contributed by atoms with van der Waals surface area (Å²) in [5.74, 6) is -10.5. The van der Waals surface area contributed by atoms with E-state index in [4.69, 9.17) is 71.1 Å². The molecule has 3 fully saturated rings. The lowest BCUT2D eigenvalue weighted by Gasteiger charge is -2.50. The maximum atomic E-state index is 15.1. The third-order valence-corrected chi connectivity index (χ3v) is 15.6. The van der Waals surface area contributed by atoms with Gasteiger partial charge < -0.3 is 71.1 Å². The lowest BCUT2D eigenvalue weighted by atomic mass is 9.94. The van der Waals surface area contributed by atoms with Crippen molar-refractivity contribution in [2.45, 2.75) is 113 Å². The molecule has 0 radical (unpaired) electrons. The third-order valence-electron chi connectivity index (χ3n) is 15.6. The number of hydrogen-bond acceptors (Lipinski definition) is 26. The van der Waals surface area contributed by atoms with Gasteiger partial charge in [-0.15, -0.1) is 0 Å². The first-order valence-electron chi connectivity index (χ1n) is 31.5. The SMILES string of the molecule is CC(=O)OC[C@H]1OC(N=[N+]=[N-])[C@H](OC(C)=O)[C@@H](O[C@@H]2O[C@H](COC(=O)c3ccccc3)[C@@H](O[C@@H]3O[C@H](COC(=O)c4ccccc4)[C@H](OC(=O)c4ccccc4)[C@H](OC(=O)c4ccccc4)[C@H]3OC(=O)c3ccccc3)[C@H](OC(=O)c3ccccc3)[C@H]2OC(=O)c2ccccc2)[C@@H]1OC(C)=O. The molecule has 0 aromatic heterocycles. The topological polar surface area (TPSA) is 358 Å². The molecule has 7 aromatic rings.